The van der Waals surface area contributed by atoms with E-state index in [0.29, 0.717) is 11.8 Å². The maximum atomic E-state index is 6.05. The van der Waals surface area contributed by atoms with E-state index in [2.05, 4.69) is 171 Å². The molecule has 8 nitrogen and oxygen atoms in total. The van der Waals surface area contributed by atoms with E-state index in [1.807, 2.05) is 36.4 Å². The molecule has 0 fully saturated rings. The Morgan fingerprint density at radius 3 is 1.87 bits per heavy atom. The largest absolute Gasteiger partial charge is 0.454 e. The molecule has 0 aliphatic carbocycles. The Morgan fingerprint density at radius 2 is 1.03 bits per heavy atom. The van der Waals surface area contributed by atoms with Gasteiger partial charge in [-0.15, -0.1) is 0 Å². The first kappa shape index (κ1) is 35.0. The molecule has 0 spiro atoms. The minimum absolute atomic E-state index is 0.539. The maximum Gasteiger partial charge on any atom is 0.238 e. The van der Waals surface area contributed by atoms with E-state index in [0.717, 1.165) is 111 Å². The fourth-order valence-electron chi connectivity index (χ4n) is 9.22. The lowest BCUT2D eigenvalue weighted by Gasteiger charge is -2.13. The smallest absolute Gasteiger partial charge is 0.238 e. The molecule has 0 amide bonds. The fourth-order valence-corrected chi connectivity index (χ4v) is 9.22. The van der Waals surface area contributed by atoms with Crippen molar-refractivity contribution in [1.29, 1.82) is 0 Å². The van der Waals surface area contributed by atoms with Gasteiger partial charge in [0, 0.05) is 44.3 Å². The molecule has 0 bridgehead atoms. The van der Waals surface area contributed by atoms with Gasteiger partial charge in [0.15, 0.2) is 11.4 Å². The van der Waals surface area contributed by atoms with Crippen molar-refractivity contribution < 1.29 is 4.42 Å². The Morgan fingerprint density at radius 1 is 0.365 bits per heavy atom. The molecule has 6 heterocycles. The van der Waals surface area contributed by atoms with Gasteiger partial charge in [-0.25, -0.2) is 15.0 Å². The van der Waals surface area contributed by atoms with E-state index in [-0.39, 0.29) is 0 Å². The second-order valence-electron chi connectivity index (χ2n) is 15.8. The second kappa shape index (κ2) is 13.9. The summed E-state index contributed by atoms with van der Waals surface area (Å²) in [7, 11) is 0. The lowest BCUT2D eigenvalue weighted by Crippen LogP contribution is -2.03. The Bertz CT molecular complexity index is 3870. The number of fused-ring (bicyclic) bond motifs is 9. The molecule has 0 N–H and O–H groups in total. The van der Waals surface area contributed by atoms with E-state index in [4.69, 9.17) is 19.4 Å². The zero-order chi connectivity index (χ0) is 41.4. The molecule has 0 aliphatic rings. The zero-order valence-electron chi connectivity index (χ0n) is 33.6. The zero-order valence-corrected chi connectivity index (χ0v) is 33.6. The lowest BCUT2D eigenvalue weighted by atomic mass is 10.0. The fraction of sp³-hybridized carbons (Fsp3) is 0. The third kappa shape index (κ3) is 5.66. The predicted octanol–water partition coefficient (Wildman–Crippen LogP) is 13.4. The van der Waals surface area contributed by atoms with Crippen LogP contribution in [0.25, 0.3) is 122 Å². The SMILES string of the molecule is c1ccc(-c2cc(-c3ccccc3)nc(-n3c4ccccc4c4cc(-c5ccc6c7ccccc7n(-c7ncnc(-c8ccc9oc%10cccnc%10c9c8)n7)c6c5)ccc43)c2)cc1. The summed E-state index contributed by atoms with van der Waals surface area (Å²) in [6.07, 6.45) is 3.37. The quantitative estimate of drug-likeness (QED) is 0.166. The number of para-hydroxylation sites is 2. The van der Waals surface area contributed by atoms with E-state index < -0.39 is 0 Å². The predicted molar refractivity (Wildman–Crippen MR) is 253 cm³/mol. The Balaban J connectivity index is 0.961. The van der Waals surface area contributed by atoms with Gasteiger partial charge in [-0.3, -0.25) is 14.1 Å². The van der Waals surface area contributed by atoms with Crippen molar-refractivity contribution in [1.82, 2.24) is 34.1 Å². The Kier molecular flexibility index (Phi) is 7.74. The van der Waals surface area contributed by atoms with Crippen molar-refractivity contribution in [3.8, 4) is 56.7 Å². The van der Waals surface area contributed by atoms with Crippen LogP contribution in [-0.4, -0.2) is 34.1 Å². The summed E-state index contributed by atoms with van der Waals surface area (Å²) in [4.78, 5) is 24.4. The first-order chi connectivity index (χ1) is 31.2. The first-order valence-corrected chi connectivity index (χ1v) is 20.9. The van der Waals surface area contributed by atoms with Crippen LogP contribution in [0.2, 0.25) is 0 Å². The highest BCUT2D eigenvalue weighted by atomic mass is 16.3. The van der Waals surface area contributed by atoms with Gasteiger partial charge in [-0.2, -0.15) is 4.98 Å². The van der Waals surface area contributed by atoms with Crippen LogP contribution in [0.3, 0.4) is 0 Å². The summed E-state index contributed by atoms with van der Waals surface area (Å²) in [6, 6.07) is 65.6. The van der Waals surface area contributed by atoms with Crippen molar-refractivity contribution in [2.24, 2.45) is 0 Å². The highest BCUT2D eigenvalue weighted by Crippen LogP contribution is 2.39. The summed E-state index contributed by atoms with van der Waals surface area (Å²) in [6.45, 7) is 0. The van der Waals surface area contributed by atoms with E-state index in [9.17, 15) is 0 Å². The monoisotopic (exact) mass is 807 g/mol. The lowest BCUT2D eigenvalue weighted by molar-refractivity contribution is 0.668. The Labute approximate surface area is 360 Å². The molecule has 13 rings (SSSR count). The number of furan rings is 1. The highest BCUT2D eigenvalue weighted by Gasteiger charge is 2.20. The van der Waals surface area contributed by atoms with Gasteiger partial charge in [0.1, 0.15) is 23.2 Å². The number of aromatic nitrogens is 7. The number of rotatable bonds is 6. The first-order valence-electron chi connectivity index (χ1n) is 20.9. The summed E-state index contributed by atoms with van der Waals surface area (Å²) >= 11 is 0. The van der Waals surface area contributed by atoms with Crippen LogP contribution < -0.4 is 0 Å². The summed E-state index contributed by atoms with van der Waals surface area (Å²) in [5.74, 6) is 1.97. The molecule has 6 aromatic heterocycles. The van der Waals surface area contributed by atoms with Gasteiger partial charge in [-0.1, -0.05) is 115 Å². The third-order valence-corrected chi connectivity index (χ3v) is 12.1. The minimum atomic E-state index is 0.539. The molecular weight excluding hydrogens is 775 g/mol. The van der Waals surface area contributed by atoms with E-state index >= 15 is 0 Å². The number of hydrogen-bond acceptors (Lipinski definition) is 6. The van der Waals surface area contributed by atoms with Gasteiger partial charge in [0.2, 0.25) is 5.95 Å². The molecule has 294 valence electrons. The Hall–Kier alpha value is -8.75. The van der Waals surface area contributed by atoms with Gasteiger partial charge < -0.3 is 4.42 Å². The van der Waals surface area contributed by atoms with Crippen molar-refractivity contribution >= 4 is 65.7 Å². The average molecular weight is 808 g/mol. The van der Waals surface area contributed by atoms with Crippen LogP contribution in [0.1, 0.15) is 0 Å². The van der Waals surface area contributed by atoms with Gasteiger partial charge in [-0.05, 0) is 95.1 Å². The molecule has 13 aromatic rings. The summed E-state index contributed by atoms with van der Waals surface area (Å²) in [5.41, 5.74) is 13.8. The molecule has 0 aliphatic heterocycles. The average Bonchev–Trinajstić information content (AvgIpc) is 4.01. The number of nitrogens with zero attached hydrogens (tertiary/aromatic N) is 7. The second-order valence-corrected chi connectivity index (χ2v) is 15.8. The van der Waals surface area contributed by atoms with Gasteiger partial charge in [0.05, 0.1) is 27.8 Å². The van der Waals surface area contributed by atoms with Crippen LogP contribution in [0, 0.1) is 0 Å². The van der Waals surface area contributed by atoms with Crippen molar-refractivity contribution in [3.05, 3.63) is 201 Å². The summed E-state index contributed by atoms with van der Waals surface area (Å²) in [5, 5.41) is 5.46. The maximum absolute atomic E-state index is 6.05. The van der Waals surface area contributed by atoms with E-state index in [1.165, 1.54) is 0 Å². The van der Waals surface area contributed by atoms with Gasteiger partial charge >= 0.3 is 0 Å². The third-order valence-electron chi connectivity index (χ3n) is 12.1. The topological polar surface area (TPSA) is 87.5 Å². The molecular formula is C55H33N7O. The molecule has 7 aromatic carbocycles. The molecule has 0 saturated carbocycles. The van der Waals surface area contributed by atoms with Crippen molar-refractivity contribution in [2.45, 2.75) is 0 Å². The summed E-state index contributed by atoms with van der Waals surface area (Å²) < 4.78 is 10.5. The van der Waals surface area contributed by atoms with E-state index in [1.54, 1.807) is 12.5 Å². The van der Waals surface area contributed by atoms with Crippen LogP contribution in [0.15, 0.2) is 205 Å². The highest BCUT2D eigenvalue weighted by molar-refractivity contribution is 6.12. The molecule has 0 saturated heterocycles. The van der Waals surface area contributed by atoms with Crippen LogP contribution in [0.5, 0.6) is 0 Å². The van der Waals surface area contributed by atoms with Crippen LogP contribution in [0.4, 0.5) is 0 Å². The number of pyridine rings is 2. The molecule has 0 atom stereocenters. The molecule has 0 unspecified atom stereocenters. The molecule has 63 heavy (non-hydrogen) atoms. The number of hydrogen-bond donors (Lipinski definition) is 0. The minimum Gasteiger partial charge on any atom is -0.454 e. The van der Waals surface area contributed by atoms with Crippen LogP contribution >= 0.6 is 0 Å². The molecule has 8 heteroatoms. The normalized spacial score (nSPS) is 11.8. The van der Waals surface area contributed by atoms with Gasteiger partial charge in [0.25, 0.3) is 0 Å². The van der Waals surface area contributed by atoms with Crippen LogP contribution in [-0.2, 0) is 0 Å². The van der Waals surface area contributed by atoms with Crippen molar-refractivity contribution in [2.75, 3.05) is 0 Å². The molecule has 0 radical (unpaired) electrons. The van der Waals surface area contributed by atoms with Crippen molar-refractivity contribution in [3.63, 3.8) is 0 Å². The standard InChI is InChI=1S/C55H33N7O/c1-3-12-34(13-4-1)39-30-45(35-14-5-2-6-15-35)59-52(32-39)61-46-18-9-8-17-41(46)43-28-36(22-25-48(43)61)37-21-24-42-40-16-7-10-19-47(40)62(49(42)31-37)55-58-33-57-54(60-55)38-23-26-50-44(29-38)53-51(63-50)20-11-27-56-53/h1-33H. The number of benzene rings is 7.